The average Bonchev–Trinajstić information content (AvgIpc) is 2.09. The molecule has 0 aliphatic carbocycles. The van der Waals surface area contributed by atoms with Crippen LogP contribution in [-0.2, 0) is 4.79 Å². The number of rotatable bonds is 2. The third-order valence-corrected chi connectivity index (χ3v) is 1.82. The molecule has 0 bridgehead atoms. The van der Waals surface area contributed by atoms with Crippen LogP contribution in [-0.4, -0.2) is 6.29 Å². The van der Waals surface area contributed by atoms with Crippen molar-refractivity contribution in [2.24, 2.45) is 0 Å². The van der Waals surface area contributed by atoms with Gasteiger partial charge in [-0.25, -0.2) is 0 Å². The molecule has 0 unspecified atom stereocenters. The Balaban J connectivity index is 3.04. The number of hydrogen-bond donors (Lipinski definition) is 0. The van der Waals surface area contributed by atoms with Gasteiger partial charge in [0.05, 0.1) is 0 Å². The lowest BCUT2D eigenvalue weighted by atomic mass is 10.1. The summed E-state index contributed by atoms with van der Waals surface area (Å²) in [5, 5.41) is 0.665. The number of aldehydes is 1. The van der Waals surface area contributed by atoms with E-state index < -0.39 is 0 Å². The van der Waals surface area contributed by atoms with E-state index in [9.17, 15) is 4.79 Å². The molecule has 0 saturated carbocycles. The third kappa shape index (κ3) is 2.21. The molecule has 62 valence electrons. The minimum absolute atomic E-state index is 0.665. The maximum Gasteiger partial charge on any atom is 0.145 e. The van der Waals surface area contributed by atoms with Crippen molar-refractivity contribution in [1.82, 2.24) is 0 Å². The summed E-state index contributed by atoms with van der Waals surface area (Å²) in [4.78, 5) is 10.3. The Morgan fingerprint density at radius 3 is 2.67 bits per heavy atom. The molecule has 2 heteroatoms. The standard InChI is InChI=1S/C10H9ClO/c1-8(7-12)6-9-4-2-3-5-10(9)11/h2-7H,1H3/b8-6+. The van der Waals surface area contributed by atoms with Gasteiger partial charge in [0.2, 0.25) is 0 Å². The van der Waals surface area contributed by atoms with Crippen LogP contribution in [0.5, 0.6) is 0 Å². The predicted octanol–water partition coefficient (Wildman–Crippen LogP) is 2.94. The van der Waals surface area contributed by atoms with E-state index >= 15 is 0 Å². The molecule has 0 aromatic heterocycles. The molecule has 0 N–H and O–H groups in total. The van der Waals surface area contributed by atoms with Crippen molar-refractivity contribution in [3.63, 3.8) is 0 Å². The van der Waals surface area contributed by atoms with Crippen LogP contribution in [0.3, 0.4) is 0 Å². The van der Waals surface area contributed by atoms with E-state index in [1.165, 1.54) is 0 Å². The van der Waals surface area contributed by atoms with Gasteiger partial charge < -0.3 is 0 Å². The Labute approximate surface area is 76.7 Å². The van der Waals surface area contributed by atoms with Crippen LogP contribution in [0.4, 0.5) is 0 Å². The lowest BCUT2D eigenvalue weighted by molar-refractivity contribution is -0.104. The highest BCUT2D eigenvalue weighted by Gasteiger charge is 1.94. The molecule has 0 heterocycles. The fraction of sp³-hybridized carbons (Fsp3) is 0.100. The Hall–Kier alpha value is -1.08. The van der Waals surface area contributed by atoms with Gasteiger partial charge in [-0.05, 0) is 30.2 Å². The zero-order chi connectivity index (χ0) is 8.97. The summed E-state index contributed by atoms with van der Waals surface area (Å²) in [5.41, 5.74) is 1.55. The van der Waals surface area contributed by atoms with E-state index in [0.29, 0.717) is 10.6 Å². The Morgan fingerprint density at radius 2 is 2.08 bits per heavy atom. The minimum atomic E-state index is 0.665. The smallest absolute Gasteiger partial charge is 0.145 e. The molecule has 0 aliphatic rings. The quantitative estimate of drug-likeness (QED) is 0.505. The normalized spacial score (nSPS) is 11.3. The number of benzene rings is 1. The van der Waals surface area contributed by atoms with Crippen LogP contribution in [0.1, 0.15) is 12.5 Å². The molecule has 1 nitrogen and oxygen atoms in total. The molecule has 1 aromatic carbocycles. The van der Waals surface area contributed by atoms with E-state index in [4.69, 9.17) is 11.6 Å². The summed E-state index contributed by atoms with van der Waals surface area (Å²) < 4.78 is 0. The fourth-order valence-electron chi connectivity index (χ4n) is 0.871. The molecule has 0 fully saturated rings. The highest BCUT2D eigenvalue weighted by atomic mass is 35.5. The summed E-state index contributed by atoms with van der Waals surface area (Å²) in [5.74, 6) is 0. The van der Waals surface area contributed by atoms with Crippen molar-refractivity contribution in [2.75, 3.05) is 0 Å². The Morgan fingerprint density at radius 1 is 1.42 bits per heavy atom. The lowest BCUT2D eigenvalue weighted by Gasteiger charge is -1.96. The summed E-state index contributed by atoms with van der Waals surface area (Å²) in [6.07, 6.45) is 2.57. The van der Waals surface area contributed by atoms with Crippen LogP contribution in [0.2, 0.25) is 5.02 Å². The average molecular weight is 181 g/mol. The first kappa shape index (κ1) is 9.01. The maximum atomic E-state index is 10.3. The maximum absolute atomic E-state index is 10.3. The van der Waals surface area contributed by atoms with Crippen molar-refractivity contribution >= 4 is 24.0 Å². The summed E-state index contributed by atoms with van der Waals surface area (Å²) in [6.45, 7) is 1.75. The number of carbonyl (C=O) groups is 1. The van der Waals surface area contributed by atoms with Crippen LogP contribution >= 0.6 is 11.6 Å². The SMILES string of the molecule is C/C(C=O)=C\c1ccccc1Cl. The van der Waals surface area contributed by atoms with E-state index in [2.05, 4.69) is 0 Å². The van der Waals surface area contributed by atoms with E-state index in [1.54, 1.807) is 19.1 Å². The van der Waals surface area contributed by atoms with Crippen molar-refractivity contribution in [2.45, 2.75) is 6.92 Å². The summed E-state index contributed by atoms with van der Waals surface area (Å²) >= 11 is 5.86. The van der Waals surface area contributed by atoms with Gasteiger partial charge >= 0.3 is 0 Å². The van der Waals surface area contributed by atoms with E-state index in [0.717, 1.165) is 11.8 Å². The number of hydrogen-bond acceptors (Lipinski definition) is 1. The first-order valence-corrected chi connectivity index (χ1v) is 4.00. The van der Waals surface area contributed by atoms with Crippen molar-refractivity contribution < 1.29 is 4.79 Å². The summed E-state index contributed by atoms with van der Waals surface area (Å²) in [6, 6.07) is 7.41. The lowest BCUT2D eigenvalue weighted by Crippen LogP contribution is -1.78. The topological polar surface area (TPSA) is 17.1 Å². The number of carbonyl (C=O) groups excluding carboxylic acids is 1. The Bertz CT molecular complexity index is 315. The van der Waals surface area contributed by atoms with Crippen molar-refractivity contribution in [3.8, 4) is 0 Å². The molecule has 0 aliphatic heterocycles. The second-order valence-electron chi connectivity index (χ2n) is 2.53. The molecule has 0 radical (unpaired) electrons. The fourth-order valence-corrected chi connectivity index (χ4v) is 1.06. The molecular weight excluding hydrogens is 172 g/mol. The van der Waals surface area contributed by atoms with Gasteiger partial charge in [-0.2, -0.15) is 0 Å². The molecule has 0 saturated heterocycles. The molecule has 1 aromatic rings. The van der Waals surface area contributed by atoms with Crippen LogP contribution in [0.15, 0.2) is 29.8 Å². The molecular formula is C10H9ClO. The van der Waals surface area contributed by atoms with Crippen LogP contribution < -0.4 is 0 Å². The van der Waals surface area contributed by atoms with Crippen molar-refractivity contribution in [1.29, 1.82) is 0 Å². The molecule has 12 heavy (non-hydrogen) atoms. The first-order chi connectivity index (χ1) is 5.74. The van der Waals surface area contributed by atoms with Gasteiger partial charge in [-0.3, -0.25) is 4.79 Å². The number of halogens is 1. The highest BCUT2D eigenvalue weighted by molar-refractivity contribution is 6.32. The largest absolute Gasteiger partial charge is 0.298 e. The van der Waals surface area contributed by atoms with Gasteiger partial charge in [0.1, 0.15) is 6.29 Å². The van der Waals surface area contributed by atoms with Gasteiger partial charge in [0.25, 0.3) is 0 Å². The molecule has 0 amide bonds. The van der Waals surface area contributed by atoms with Crippen LogP contribution in [0, 0.1) is 0 Å². The first-order valence-electron chi connectivity index (χ1n) is 3.62. The van der Waals surface area contributed by atoms with Gasteiger partial charge in [-0.15, -0.1) is 0 Å². The van der Waals surface area contributed by atoms with Crippen LogP contribution in [0.25, 0.3) is 6.08 Å². The van der Waals surface area contributed by atoms with Gasteiger partial charge in [0.15, 0.2) is 0 Å². The summed E-state index contributed by atoms with van der Waals surface area (Å²) in [7, 11) is 0. The Kier molecular flexibility index (Phi) is 3.06. The molecule has 0 atom stereocenters. The highest BCUT2D eigenvalue weighted by Crippen LogP contribution is 2.17. The second kappa shape index (κ2) is 4.07. The zero-order valence-electron chi connectivity index (χ0n) is 6.75. The van der Waals surface area contributed by atoms with E-state index in [1.807, 2.05) is 18.2 Å². The molecule has 1 rings (SSSR count). The van der Waals surface area contributed by atoms with Gasteiger partial charge in [0, 0.05) is 5.02 Å². The van der Waals surface area contributed by atoms with Crippen molar-refractivity contribution in [3.05, 3.63) is 40.4 Å². The monoisotopic (exact) mass is 180 g/mol. The zero-order valence-corrected chi connectivity index (χ0v) is 7.51. The van der Waals surface area contributed by atoms with E-state index in [-0.39, 0.29) is 0 Å². The molecule has 0 spiro atoms. The predicted molar refractivity (Wildman–Crippen MR) is 51.2 cm³/mol. The third-order valence-electron chi connectivity index (χ3n) is 1.47. The van der Waals surface area contributed by atoms with Gasteiger partial charge in [-0.1, -0.05) is 29.8 Å². The number of allylic oxidation sites excluding steroid dienone is 1. The minimum Gasteiger partial charge on any atom is -0.298 e. The second-order valence-corrected chi connectivity index (χ2v) is 2.93.